The van der Waals surface area contributed by atoms with E-state index < -0.39 is 12.6 Å². The molecule has 13 heavy (non-hydrogen) atoms. The molecule has 0 amide bonds. The molecule has 0 atom stereocenters. The van der Waals surface area contributed by atoms with E-state index in [2.05, 4.69) is 11.8 Å². The first kappa shape index (κ1) is 10.2. The Bertz CT molecular complexity index is 250. The summed E-state index contributed by atoms with van der Waals surface area (Å²) in [5.41, 5.74) is 0.871. The van der Waals surface area contributed by atoms with Crippen molar-refractivity contribution in [2.24, 2.45) is 0 Å². The van der Waals surface area contributed by atoms with Crippen molar-refractivity contribution < 1.29 is 13.2 Å². The van der Waals surface area contributed by atoms with Crippen molar-refractivity contribution in [1.82, 2.24) is 0 Å². The summed E-state index contributed by atoms with van der Waals surface area (Å²) >= 11 is 0. The molecule has 0 aromatic carbocycles. The van der Waals surface area contributed by atoms with Crippen LogP contribution in [0.4, 0.5) is 13.2 Å². The van der Waals surface area contributed by atoms with E-state index in [-0.39, 0.29) is 0 Å². The molecule has 1 rings (SSSR count). The average molecular weight is 188 g/mol. The van der Waals surface area contributed by atoms with Crippen molar-refractivity contribution in [2.45, 2.75) is 38.3 Å². The van der Waals surface area contributed by atoms with Crippen LogP contribution in [-0.4, -0.2) is 6.18 Å². The molecule has 0 aliphatic heterocycles. The number of hydrogen-bond acceptors (Lipinski definition) is 0. The standard InChI is InChI=1S/C10H11F3/c11-10(12,13)8-4-7-9-5-2-1-3-6-9/h5H,1-3,6,8H2. The van der Waals surface area contributed by atoms with E-state index in [1.54, 1.807) is 0 Å². The second-order valence-corrected chi connectivity index (χ2v) is 3.07. The number of hydrogen-bond donors (Lipinski definition) is 0. The summed E-state index contributed by atoms with van der Waals surface area (Å²) in [5, 5.41) is 0. The summed E-state index contributed by atoms with van der Waals surface area (Å²) in [6.07, 6.45) is 0.761. The molecule has 0 bridgehead atoms. The first-order valence-electron chi connectivity index (χ1n) is 4.32. The Morgan fingerprint density at radius 1 is 1.31 bits per heavy atom. The third-order valence-electron chi connectivity index (χ3n) is 1.83. The van der Waals surface area contributed by atoms with Gasteiger partial charge in [-0.2, -0.15) is 13.2 Å². The fourth-order valence-electron chi connectivity index (χ4n) is 1.21. The van der Waals surface area contributed by atoms with Crippen LogP contribution in [-0.2, 0) is 0 Å². The molecule has 3 heteroatoms. The normalized spacial score (nSPS) is 17.3. The zero-order valence-electron chi connectivity index (χ0n) is 7.25. The molecule has 0 fully saturated rings. The van der Waals surface area contributed by atoms with Gasteiger partial charge in [0.15, 0.2) is 0 Å². The van der Waals surface area contributed by atoms with Crippen LogP contribution in [0.1, 0.15) is 32.1 Å². The minimum atomic E-state index is -4.15. The van der Waals surface area contributed by atoms with E-state index in [1.807, 2.05) is 6.08 Å². The fraction of sp³-hybridized carbons (Fsp3) is 0.600. The topological polar surface area (TPSA) is 0 Å². The number of alkyl halides is 3. The van der Waals surface area contributed by atoms with E-state index >= 15 is 0 Å². The molecule has 0 radical (unpaired) electrons. The van der Waals surface area contributed by atoms with Gasteiger partial charge in [-0.25, -0.2) is 0 Å². The largest absolute Gasteiger partial charge is 0.399 e. The Hall–Kier alpha value is -0.910. The molecule has 0 heterocycles. The lowest BCUT2D eigenvalue weighted by Crippen LogP contribution is -2.04. The van der Waals surface area contributed by atoms with Crippen LogP contribution in [0.15, 0.2) is 11.6 Å². The van der Waals surface area contributed by atoms with Crippen molar-refractivity contribution in [3.63, 3.8) is 0 Å². The number of allylic oxidation sites excluding steroid dienone is 2. The zero-order chi connectivity index (χ0) is 9.73. The molecule has 0 aromatic rings. The number of rotatable bonds is 0. The minimum Gasteiger partial charge on any atom is -0.170 e. The van der Waals surface area contributed by atoms with Gasteiger partial charge in [0, 0.05) is 0 Å². The van der Waals surface area contributed by atoms with E-state index in [1.165, 1.54) is 0 Å². The first-order valence-corrected chi connectivity index (χ1v) is 4.32. The fourth-order valence-corrected chi connectivity index (χ4v) is 1.21. The van der Waals surface area contributed by atoms with Gasteiger partial charge in [-0.05, 0) is 31.3 Å². The molecule has 0 N–H and O–H groups in total. The summed E-state index contributed by atoms with van der Waals surface area (Å²) in [7, 11) is 0. The Balaban J connectivity index is 2.42. The third kappa shape index (κ3) is 4.62. The van der Waals surface area contributed by atoms with Crippen LogP contribution >= 0.6 is 0 Å². The Morgan fingerprint density at radius 3 is 2.62 bits per heavy atom. The highest BCUT2D eigenvalue weighted by Crippen LogP contribution is 2.19. The van der Waals surface area contributed by atoms with E-state index in [4.69, 9.17) is 0 Å². The predicted octanol–water partition coefficient (Wildman–Crippen LogP) is 3.44. The van der Waals surface area contributed by atoms with Gasteiger partial charge in [-0.3, -0.25) is 0 Å². The van der Waals surface area contributed by atoms with Gasteiger partial charge in [-0.15, -0.1) is 0 Å². The summed E-state index contributed by atoms with van der Waals surface area (Å²) in [6.45, 7) is 0. The molecule has 1 aliphatic carbocycles. The van der Waals surface area contributed by atoms with Crippen molar-refractivity contribution in [2.75, 3.05) is 0 Å². The van der Waals surface area contributed by atoms with Crippen LogP contribution in [0.5, 0.6) is 0 Å². The smallest absolute Gasteiger partial charge is 0.170 e. The summed E-state index contributed by atoms with van der Waals surface area (Å²) < 4.78 is 35.1. The molecule has 0 spiro atoms. The lowest BCUT2D eigenvalue weighted by molar-refractivity contribution is -0.123. The van der Waals surface area contributed by atoms with Crippen molar-refractivity contribution in [3.8, 4) is 11.8 Å². The van der Waals surface area contributed by atoms with E-state index in [0.717, 1.165) is 31.3 Å². The lowest BCUT2D eigenvalue weighted by atomic mass is 10.00. The average Bonchev–Trinajstić information content (AvgIpc) is 2.04. The summed E-state index contributed by atoms with van der Waals surface area (Å²) in [5.74, 6) is 4.72. The zero-order valence-corrected chi connectivity index (χ0v) is 7.25. The quantitative estimate of drug-likeness (QED) is 0.511. The lowest BCUT2D eigenvalue weighted by Gasteiger charge is -2.05. The second kappa shape index (κ2) is 4.36. The van der Waals surface area contributed by atoms with Crippen molar-refractivity contribution >= 4 is 0 Å². The summed E-state index contributed by atoms with van der Waals surface area (Å²) in [4.78, 5) is 0. The molecular weight excluding hydrogens is 177 g/mol. The third-order valence-corrected chi connectivity index (χ3v) is 1.83. The highest BCUT2D eigenvalue weighted by atomic mass is 19.4. The second-order valence-electron chi connectivity index (χ2n) is 3.07. The van der Waals surface area contributed by atoms with Gasteiger partial charge < -0.3 is 0 Å². The Labute approximate surface area is 75.8 Å². The van der Waals surface area contributed by atoms with Crippen molar-refractivity contribution in [1.29, 1.82) is 0 Å². The molecule has 0 saturated heterocycles. The van der Waals surface area contributed by atoms with Gasteiger partial charge in [-0.1, -0.05) is 17.9 Å². The molecular formula is C10H11F3. The highest BCUT2D eigenvalue weighted by molar-refractivity contribution is 5.29. The molecule has 0 nitrogen and oxygen atoms in total. The Kier molecular flexibility index (Phi) is 3.41. The summed E-state index contributed by atoms with van der Waals surface area (Å²) in [6, 6.07) is 0. The molecule has 0 saturated carbocycles. The predicted molar refractivity (Wildman–Crippen MR) is 45.0 cm³/mol. The molecule has 1 aliphatic rings. The van der Waals surface area contributed by atoms with E-state index in [9.17, 15) is 13.2 Å². The SMILES string of the molecule is FC(F)(F)CC#CC1=CCCCC1. The van der Waals surface area contributed by atoms with Crippen LogP contribution in [0.2, 0.25) is 0 Å². The minimum absolute atomic E-state index is 0.838. The van der Waals surface area contributed by atoms with Gasteiger partial charge >= 0.3 is 6.18 Å². The van der Waals surface area contributed by atoms with Crippen molar-refractivity contribution in [3.05, 3.63) is 11.6 Å². The maximum absolute atomic E-state index is 11.7. The number of halogens is 3. The molecule has 0 aromatic heterocycles. The maximum atomic E-state index is 11.7. The monoisotopic (exact) mass is 188 g/mol. The highest BCUT2D eigenvalue weighted by Gasteiger charge is 2.25. The van der Waals surface area contributed by atoms with Gasteiger partial charge in [0.05, 0.1) is 0 Å². The van der Waals surface area contributed by atoms with E-state index in [0.29, 0.717) is 0 Å². The Morgan fingerprint density at radius 2 is 2.08 bits per heavy atom. The van der Waals surface area contributed by atoms with Gasteiger partial charge in [0.2, 0.25) is 0 Å². The van der Waals surface area contributed by atoms with Crippen LogP contribution in [0, 0.1) is 11.8 Å². The molecule has 0 unspecified atom stereocenters. The molecule has 72 valence electrons. The maximum Gasteiger partial charge on any atom is 0.399 e. The van der Waals surface area contributed by atoms with Crippen LogP contribution in [0.25, 0.3) is 0 Å². The van der Waals surface area contributed by atoms with Gasteiger partial charge in [0.25, 0.3) is 0 Å². The first-order chi connectivity index (χ1) is 6.08. The van der Waals surface area contributed by atoms with Gasteiger partial charge in [0.1, 0.15) is 6.42 Å². The van der Waals surface area contributed by atoms with Crippen LogP contribution in [0.3, 0.4) is 0 Å². The van der Waals surface area contributed by atoms with Crippen LogP contribution < -0.4 is 0 Å².